The van der Waals surface area contributed by atoms with Crippen LogP contribution in [-0.4, -0.2) is 155 Å². The largest absolute Gasteiger partial charge is 0.508 e. The molecule has 3 aromatic heterocycles. The van der Waals surface area contributed by atoms with Gasteiger partial charge in [0.05, 0.1) is 51.6 Å². The molecule has 0 saturated heterocycles. The van der Waals surface area contributed by atoms with Crippen LogP contribution in [0.25, 0.3) is 34.0 Å². The van der Waals surface area contributed by atoms with Crippen LogP contribution >= 0.6 is 23.2 Å². The van der Waals surface area contributed by atoms with Gasteiger partial charge in [-0.15, -0.1) is 0 Å². The molecule has 117 heavy (non-hydrogen) atoms. The van der Waals surface area contributed by atoms with E-state index in [0.29, 0.717) is 42.8 Å². The molecule has 0 radical (unpaired) electrons. The highest BCUT2D eigenvalue weighted by molar-refractivity contribution is 7.90. The summed E-state index contributed by atoms with van der Waals surface area (Å²) in [7, 11) is -11.8. The number of carboxylic acid groups (broad SMARTS) is 4. The molecule has 3 amide bonds. The van der Waals surface area contributed by atoms with E-state index in [9.17, 15) is 87.3 Å². The molecule has 14 N–H and O–H groups in total. The van der Waals surface area contributed by atoms with E-state index in [1.54, 1.807) is 59.5 Å². The molecule has 4 heterocycles. The number of alkyl halides is 3. The van der Waals surface area contributed by atoms with Gasteiger partial charge in [0.2, 0.25) is 21.9 Å². The first-order valence-corrected chi connectivity index (χ1v) is 40.9. The zero-order valence-electron chi connectivity index (χ0n) is 62.1. The fourth-order valence-corrected chi connectivity index (χ4v) is 15.1. The van der Waals surface area contributed by atoms with E-state index in [0.717, 1.165) is 74.2 Å². The zero-order chi connectivity index (χ0) is 85.4. The van der Waals surface area contributed by atoms with Gasteiger partial charge in [-0.1, -0.05) is 145 Å². The Morgan fingerprint density at radius 2 is 1.34 bits per heavy atom. The topological polar surface area (TPSA) is 478 Å². The predicted molar refractivity (Wildman–Crippen MR) is 432 cm³/mol. The molecule has 4 unspecified atom stereocenters. The molecule has 0 saturated carbocycles. The number of aliphatic carboxylic acids is 3. The number of rotatable bonds is 26. The number of ether oxygens (including phenoxy) is 1. The van der Waals surface area contributed by atoms with Crippen LogP contribution in [0.15, 0.2) is 221 Å². The number of aromatic hydroxyl groups is 1. The van der Waals surface area contributed by atoms with E-state index in [2.05, 4.69) is 50.9 Å². The summed E-state index contributed by atoms with van der Waals surface area (Å²) in [5, 5.41) is 59.3. The maximum absolute atomic E-state index is 12.7. The standard InChI is InChI=1S/C18H14ClN5O4S.C18H16N2O3.C16H23ClN2O4.C15H11F3O4S.C12H14N2O4S/c19-13-8-4-5-9-14(13)29(27,28)24-18(26)23-16-20-15(21-17(25)22-16)11-10-12-6-2-1-3-7-12;21-11-7-5-10(6-8-11)16-17-13(9-15(20-16)18(22)23)12-3-1-2-4-14(12)19-17;1-11(2)23-8-4-7-18-14(16(21)22)10-15(20)19-13-6-3-5-12(17)9-13;16-15(17,18)12-5-2-6-13(8-12)23(21,22)9-10-3-1-4-11(7-10)14(19)20;1-19(17,18)14-11(12(15)16)6-8-7-13-10-5-3-2-4-9(8)10/h1-11H,(H3,20,21,22,23,24,25,26);1-8,15-16,19-21H,9H2,(H,22,23);3,5-6,9,11,14,18H,4,7-8,10H2,1-2H3,(H,19,20)(H,21,22);1-8H,9H2,(H,19,20);2-5,7,11,13-14H,6H2,1H3,(H,15,16)/b11-10+;;;;. The van der Waals surface area contributed by atoms with Gasteiger partial charge >= 0.3 is 41.8 Å². The summed E-state index contributed by atoms with van der Waals surface area (Å²) >= 11 is 11.7. The Balaban J connectivity index is 0.000000184. The quantitative estimate of drug-likeness (QED) is 0.0224. The molecule has 616 valence electrons. The number of benzene rings is 8. The minimum absolute atomic E-state index is 0.0476. The number of hydrogen-bond acceptors (Lipinski definition) is 19. The van der Waals surface area contributed by atoms with Gasteiger partial charge in [0.25, 0.3) is 10.0 Å². The number of para-hydroxylation sites is 2. The maximum Gasteiger partial charge on any atom is 0.416 e. The molecule has 38 heteroatoms. The number of halogens is 5. The summed E-state index contributed by atoms with van der Waals surface area (Å²) in [6.07, 6.45) is 2.41. The van der Waals surface area contributed by atoms with Gasteiger partial charge in [-0.3, -0.25) is 34.8 Å². The van der Waals surface area contributed by atoms with Gasteiger partial charge in [-0.05, 0) is 146 Å². The minimum atomic E-state index is -4.64. The van der Waals surface area contributed by atoms with E-state index < -0.39 is 106 Å². The van der Waals surface area contributed by atoms with E-state index in [-0.39, 0.29) is 69.5 Å². The molecule has 0 aliphatic carbocycles. The first-order chi connectivity index (χ1) is 55.3. The number of H-pyrrole nitrogens is 3. The number of aromatic amines is 3. The Labute approximate surface area is 677 Å². The number of carboxylic acids is 4. The lowest BCUT2D eigenvalue weighted by Crippen LogP contribution is -2.44. The minimum Gasteiger partial charge on any atom is -0.508 e. The van der Waals surface area contributed by atoms with Crippen LogP contribution in [0.5, 0.6) is 5.75 Å². The average Bonchev–Trinajstić information content (AvgIpc) is 1.62. The van der Waals surface area contributed by atoms with Crippen molar-refractivity contribution in [1.29, 1.82) is 0 Å². The summed E-state index contributed by atoms with van der Waals surface area (Å²) in [4.78, 5) is 96.0. The number of nitrogens with one attached hydrogen (secondary N) is 9. The molecule has 0 fully saturated rings. The lowest BCUT2D eigenvalue weighted by molar-refractivity contribution is -0.141. The Kier molecular flexibility index (Phi) is 32.0. The van der Waals surface area contributed by atoms with Crippen molar-refractivity contribution < 1.29 is 97.5 Å². The highest BCUT2D eigenvalue weighted by Crippen LogP contribution is 2.36. The van der Waals surface area contributed by atoms with Crippen LogP contribution < -0.4 is 36.4 Å². The van der Waals surface area contributed by atoms with E-state index in [1.165, 1.54) is 48.5 Å². The summed E-state index contributed by atoms with van der Waals surface area (Å²) < 4.78 is 119. The third kappa shape index (κ3) is 28.1. The second-order valence-corrected chi connectivity index (χ2v) is 32.2. The summed E-state index contributed by atoms with van der Waals surface area (Å²) in [5.74, 6) is -5.36. The predicted octanol–water partition coefficient (Wildman–Crippen LogP) is 11.7. The highest BCUT2D eigenvalue weighted by atomic mass is 35.5. The number of carbonyl (C=O) groups excluding carboxylic acids is 2. The van der Waals surface area contributed by atoms with Gasteiger partial charge in [0.15, 0.2) is 9.84 Å². The molecule has 30 nitrogen and oxygen atoms in total. The number of sulfone groups is 1. The number of sulfonamides is 2. The Hall–Kier alpha value is -12.1. The zero-order valence-corrected chi connectivity index (χ0v) is 66.0. The van der Waals surface area contributed by atoms with E-state index in [4.69, 9.17) is 38.2 Å². The summed E-state index contributed by atoms with van der Waals surface area (Å²) in [5.41, 5.74) is 5.29. The molecule has 12 rings (SSSR count). The van der Waals surface area contributed by atoms with Gasteiger partial charge in [-0.25, -0.2) is 49.1 Å². The Morgan fingerprint density at radius 3 is 1.99 bits per heavy atom. The van der Waals surface area contributed by atoms with Crippen LogP contribution in [0.4, 0.5) is 29.6 Å². The molecule has 8 aromatic carbocycles. The van der Waals surface area contributed by atoms with Crippen molar-refractivity contribution in [3.63, 3.8) is 0 Å². The molecule has 0 bridgehead atoms. The van der Waals surface area contributed by atoms with E-state index >= 15 is 0 Å². The normalized spacial score (nSPS) is 13.8. The molecular formula is C79H78Cl2F3N11O19S3. The number of fused-ring (bicyclic) bond motifs is 4. The lowest BCUT2D eigenvalue weighted by atomic mass is 9.90. The fraction of sp³-hybridized carbons (Fsp3) is 0.203. The molecular weight excluding hydrogens is 1630 g/mol. The first-order valence-electron chi connectivity index (χ1n) is 35.1. The van der Waals surface area contributed by atoms with Crippen molar-refractivity contribution in [3.8, 4) is 5.75 Å². The number of amides is 3. The number of aromatic nitrogens is 5. The number of hydrogen-bond donors (Lipinski definition) is 14. The van der Waals surface area contributed by atoms with Crippen molar-refractivity contribution in [3.05, 3.63) is 277 Å². The van der Waals surface area contributed by atoms with Crippen LogP contribution in [0, 0.1) is 0 Å². The van der Waals surface area contributed by atoms with Crippen molar-refractivity contribution in [2.75, 3.05) is 30.0 Å². The molecule has 1 aliphatic heterocycles. The van der Waals surface area contributed by atoms with Gasteiger partial charge in [-0.2, -0.15) is 23.1 Å². The lowest BCUT2D eigenvalue weighted by Gasteiger charge is -2.29. The highest BCUT2D eigenvalue weighted by Gasteiger charge is 2.35. The molecule has 4 atom stereocenters. The summed E-state index contributed by atoms with van der Waals surface area (Å²) in [6, 6.07) is 48.4. The second-order valence-electron chi connectivity index (χ2n) is 26.0. The fourth-order valence-electron chi connectivity index (χ4n) is 11.4. The van der Waals surface area contributed by atoms with Crippen molar-refractivity contribution in [2.45, 2.75) is 91.5 Å². The Bertz CT molecular complexity index is 5800. The third-order valence-electron chi connectivity index (χ3n) is 16.7. The van der Waals surface area contributed by atoms with Gasteiger partial charge < -0.3 is 50.9 Å². The molecule has 1 aliphatic rings. The Morgan fingerprint density at radius 1 is 0.692 bits per heavy atom. The van der Waals surface area contributed by atoms with Crippen molar-refractivity contribution >= 4 is 134 Å². The average molecular weight is 1710 g/mol. The first kappa shape index (κ1) is 90.4. The van der Waals surface area contributed by atoms with Crippen LogP contribution in [0.3, 0.4) is 0 Å². The second kappa shape index (κ2) is 41.4. The van der Waals surface area contributed by atoms with E-state index in [1.807, 2.05) is 105 Å². The number of nitrogens with zero attached hydrogens (tertiary/aromatic N) is 2. The van der Waals surface area contributed by atoms with Gasteiger partial charge in [0, 0.05) is 63.9 Å². The summed E-state index contributed by atoms with van der Waals surface area (Å²) in [6.45, 7) is 4.89. The molecule has 0 spiro atoms. The van der Waals surface area contributed by atoms with Crippen molar-refractivity contribution in [2.24, 2.45) is 0 Å². The maximum atomic E-state index is 12.7. The number of anilines is 2. The number of phenols is 1. The number of urea groups is 1. The number of aromatic carboxylic acids is 1. The van der Waals surface area contributed by atoms with Crippen LogP contribution in [0.1, 0.15) is 88.0 Å². The van der Waals surface area contributed by atoms with Crippen molar-refractivity contribution in [1.82, 2.24) is 45.0 Å². The SMILES string of the molecule is CC(C)OCCCNC(CC(=O)Nc1cccc(Cl)c1)C(=O)O.CS(=O)(=O)NC(Cc1c[nH]c2ccccc12)C(=O)O.O=C(Nc1nc(/C=C/c2ccccc2)[nH]c(=O)n1)NS(=O)(=O)c1ccccc1Cl.O=C(O)C1Cc2c([nH]c3ccccc23)C(c2ccc(O)cc2)N1.O=C(O)c1cccc(CS(=O)(=O)c2cccc(C(F)(F)F)c2)c1. The van der Waals surface area contributed by atoms with Gasteiger partial charge in [0.1, 0.15) is 34.6 Å². The number of phenolic OH excluding ortho intramolecular Hbond substituents is 1. The number of carbonyl (C=O) groups is 6. The molecule has 11 aromatic rings. The van der Waals surface area contributed by atoms with Crippen LogP contribution in [-0.2, 0) is 78.6 Å². The third-order valence-corrected chi connectivity index (χ3v) is 21.1. The van der Waals surface area contributed by atoms with Crippen LogP contribution in [0.2, 0.25) is 10.0 Å². The smallest absolute Gasteiger partial charge is 0.416 e. The monoisotopic (exact) mass is 1710 g/mol.